The van der Waals surface area contributed by atoms with E-state index >= 15 is 0 Å². The van der Waals surface area contributed by atoms with Crippen molar-refractivity contribution in [3.63, 3.8) is 0 Å². The second-order valence-corrected chi connectivity index (χ2v) is 11.5. The van der Waals surface area contributed by atoms with Crippen molar-refractivity contribution in [1.82, 2.24) is 24.5 Å². The van der Waals surface area contributed by atoms with Gasteiger partial charge in [0.05, 0.1) is 30.1 Å². The largest absolute Gasteiger partial charge is 0.443 e. The van der Waals surface area contributed by atoms with Gasteiger partial charge >= 0.3 is 6.09 Å². The van der Waals surface area contributed by atoms with Crippen molar-refractivity contribution in [2.24, 2.45) is 0 Å². The lowest BCUT2D eigenvalue weighted by Gasteiger charge is -2.35. The maximum Gasteiger partial charge on any atom is 0.414 e. The highest BCUT2D eigenvalue weighted by atomic mass is 16.6. The van der Waals surface area contributed by atoms with E-state index in [-0.39, 0.29) is 52.9 Å². The Balaban J connectivity index is 1.51. The number of carbonyl (C=O) groups excluding carboxylic acids is 2. The summed E-state index contributed by atoms with van der Waals surface area (Å²) in [6, 6.07) is 4.98. The minimum absolute atomic E-state index is 0.0462. The first kappa shape index (κ1) is 28.6. The molecule has 2 fully saturated rings. The van der Waals surface area contributed by atoms with Gasteiger partial charge in [0.15, 0.2) is 17.2 Å². The lowest BCUT2D eigenvalue weighted by Crippen LogP contribution is -2.51. The number of nitrogens with one attached hydrogen (secondary N) is 2. The van der Waals surface area contributed by atoms with Crippen LogP contribution < -0.4 is 21.1 Å². The average Bonchev–Trinajstić information content (AvgIpc) is 3.30. The summed E-state index contributed by atoms with van der Waals surface area (Å²) in [5, 5.41) is 10.7. The predicted octanol–water partition coefficient (Wildman–Crippen LogP) is 3.26. The van der Waals surface area contributed by atoms with Gasteiger partial charge < -0.3 is 29.4 Å². The number of ether oxygens (including phenoxy) is 3. The van der Waals surface area contributed by atoms with Crippen LogP contribution in [0, 0.1) is 0 Å². The molecule has 2 aliphatic carbocycles. The van der Waals surface area contributed by atoms with Crippen LogP contribution in [0.2, 0.25) is 0 Å². The number of carbonyl (C=O) groups is 2. The van der Waals surface area contributed by atoms with E-state index in [0.29, 0.717) is 11.4 Å². The molecule has 3 aromatic rings. The first-order chi connectivity index (χ1) is 19.5. The molecule has 2 amide bonds. The van der Waals surface area contributed by atoms with Gasteiger partial charge in [0.25, 0.3) is 11.5 Å². The van der Waals surface area contributed by atoms with Crippen molar-refractivity contribution >= 4 is 34.8 Å². The van der Waals surface area contributed by atoms with Crippen LogP contribution in [0.15, 0.2) is 35.4 Å². The predicted molar refractivity (Wildman–Crippen MR) is 152 cm³/mol. The average molecular weight is 568 g/mol. The van der Waals surface area contributed by atoms with Gasteiger partial charge in [-0.05, 0) is 58.6 Å². The summed E-state index contributed by atoms with van der Waals surface area (Å²) >= 11 is 0. The quantitative estimate of drug-likeness (QED) is 0.419. The van der Waals surface area contributed by atoms with Crippen molar-refractivity contribution in [1.29, 1.82) is 0 Å². The molecule has 2 aliphatic rings. The molecule has 0 radical (unpaired) electrons. The lowest BCUT2D eigenvalue weighted by molar-refractivity contribution is 0.00522. The number of imidazole rings is 1. The molecule has 0 bridgehead atoms. The SMILES string of the molecule is COC1CC(n2cccc(Nc3cc(N(C)C(=O)OC(C)(C)C)c4ncc(C(=O)N[C@H]5CC[C@@H]5OC)n4n3)c2=O)C1. The maximum absolute atomic E-state index is 13.3. The molecule has 220 valence electrons. The Morgan fingerprint density at radius 2 is 1.90 bits per heavy atom. The monoisotopic (exact) mass is 567 g/mol. The molecule has 13 heteroatoms. The smallest absolute Gasteiger partial charge is 0.414 e. The van der Waals surface area contributed by atoms with E-state index in [2.05, 4.69) is 20.7 Å². The van der Waals surface area contributed by atoms with Gasteiger partial charge in [0.1, 0.15) is 11.3 Å². The molecule has 0 unspecified atom stereocenters. The van der Waals surface area contributed by atoms with Crippen LogP contribution in [0.4, 0.5) is 22.0 Å². The van der Waals surface area contributed by atoms with E-state index in [1.165, 1.54) is 15.6 Å². The summed E-state index contributed by atoms with van der Waals surface area (Å²) in [6.45, 7) is 5.32. The van der Waals surface area contributed by atoms with Gasteiger partial charge in [-0.3, -0.25) is 14.5 Å². The zero-order chi connectivity index (χ0) is 29.5. The summed E-state index contributed by atoms with van der Waals surface area (Å²) < 4.78 is 19.4. The second-order valence-electron chi connectivity index (χ2n) is 11.5. The van der Waals surface area contributed by atoms with Gasteiger partial charge in [-0.15, -0.1) is 5.10 Å². The number of rotatable bonds is 8. The number of amides is 2. The van der Waals surface area contributed by atoms with Crippen molar-refractivity contribution < 1.29 is 23.8 Å². The molecule has 2 saturated carbocycles. The highest BCUT2D eigenvalue weighted by molar-refractivity contribution is 5.96. The third-order valence-corrected chi connectivity index (χ3v) is 7.57. The fraction of sp³-hybridized carbons (Fsp3) is 0.536. The number of methoxy groups -OCH3 is 2. The lowest BCUT2D eigenvalue weighted by atomic mass is 9.89. The van der Waals surface area contributed by atoms with Gasteiger partial charge in [-0.2, -0.15) is 0 Å². The zero-order valence-electron chi connectivity index (χ0n) is 24.2. The third kappa shape index (κ3) is 5.77. The van der Waals surface area contributed by atoms with Crippen LogP contribution >= 0.6 is 0 Å². The van der Waals surface area contributed by atoms with Crippen molar-refractivity contribution in [2.45, 2.75) is 76.3 Å². The maximum atomic E-state index is 13.3. The molecule has 5 rings (SSSR count). The molecule has 3 heterocycles. The summed E-state index contributed by atoms with van der Waals surface area (Å²) in [4.78, 5) is 45.3. The summed E-state index contributed by atoms with van der Waals surface area (Å²) in [5.74, 6) is -0.133. The standard InChI is InChI=1S/C28H37N7O6/c1-28(2,3)41-27(38)33(4)20-14-23(30-19-8-7-11-34(26(19)37)16-12-17(13-16)39-5)32-35-21(15-29-24(20)35)25(36)31-18-9-10-22(18)40-6/h7-8,11,14-18,22H,9-10,12-13H2,1-6H3,(H,30,32)(H,31,36)/t16?,17?,18-,22-/m0/s1. The highest BCUT2D eigenvalue weighted by Gasteiger charge is 2.34. The van der Waals surface area contributed by atoms with E-state index in [1.54, 1.807) is 71.0 Å². The fourth-order valence-corrected chi connectivity index (χ4v) is 4.99. The molecule has 13 nitrogen and oxygen atoms in total. The molecule has 3 aromatic heterocycles. The molecule has 41 heavy (non-hydrogen) atoms. The number of hydrogen-bond acceptors (Lipinski definition) is 9. The molecule has 2 atom stereocenters. The number of hydrogen-bond donors (Lipinski definition) is 2. The van der Waals surface area contributed by atoms with E-state index in [1.807, 2.05) is 0 Å². The van der Waals surface area contributed by atoms with Crippen LogP contribution in [-0.4, -0.2) is 76.3 Å². The molecule has 0 spiro atoms. The van der Waals surface area contributed by atoms with E-state index in [9.17, 15) is 14.4 Å². The number of anilines is 3. The van der Waals surface area contributed by atoms with Crippen LogP contribution in [0.5, 0.6) is 0 Å². The number of fused-ring (bicyclic) bond motifs is 1. The van der Waals surface area contributed by atoms with E-state index in [0.717, 1.165) is 25.7 Å². The van der Waals surface area contributed by atoms with Crippen molar-refractivity contribution in [3.05, 3.63) is 46.6 Å². The Kier molecular flexibility index (Phi) is 7.75. The summed E-state index contributed by atoms with van der Waals surface area (Å²) in [6.07, 6.45) is 5.84. The van der Waals surface area contributed by atoms with Gasteiger partial charge in [0, 0.05) is 39.6 Å². The van der Waals surface area contributed by atoms with E-state index in [4.69, 9.17) is 14.2 Å². The van der Waals surface area contributed by atoms with Crippen LogP contribution in [0.3, 0.4) is 0 Å². The molecule has 2 N–H and O–H groups in total. The molecule has 0 aromatic carbocycles. The van der Waals surface area contributed by atoms with Crippen LogP contribution in [0.25, 0.3) is 5.65 Å². The van der Waals surface area contributed by atoms with Crippen molar-refractivity contribution in [3.8, 4) is 0 Å². The van der Waals surface area contributed by atoms with Crippen LogP contribution in [0.1, 0.15) is 63.0 Å². The summed E-state index contributed by atoms with van der Waals surface area (Å²) in [7, 11) is 4.84. The molecule has 0 aliphatic heterocycles. The number of aromatic nitrogens is 4. The Morgan fingerprint density at radius 3 is 2.54 bits per heavy atom. The van der Waals surface area contributed by atoms with Gasteiger partial charge in [-0.25, -0.2) is 14.3 Å². The normalized spacial score (nSPS) is 22.0. The fourth-order valence-electron chi connectivity index (χ4n) is 4.99. The van der Waals surface area contributed by atoms with E-state index < -0.39 is 11.7 Å². The van der Waals surface area contributed by atoms with Crippen molar-refractivity contribution in [2.75, 3.05) is 31.5 Å². The minimum atomic E-state index is -0.727. The molecular weight excluding hydrogens is 530 g/mol. The van der Waals surface area contributed by atoms with Crippen LogP contribution in [-0.2, 0) is 14.2 Å². The summed E-state index contributed by atoms with van der Waals surface area (Å²) in [5.41, 5.74) is 0.151. The Bertz CT molecular complexity index is 1500. The first-order valence-corrected chi connectivity index (χ1v) is 13.7. The minimum Gasteiger partial charge on any atom is -0.443 e. The topological polar surface area (TPSA) is 141 Å². The molecular formula is C28H37N7O6. The highest BCUT2D eigenvalue weighted by Crippen LogP contribution is 2.33. The second kappa shape index (κ2) is 11.1. The Hall–Kier alpha value is -3.97. The Morgan fingerprint density at radius 1 is 1.15 bits per heavy atom. The molecule has 0 saturated heterocycles. The first-order valence-electron chi connectivity index (χ1n) is 13.7. The number of pyridine rings is 1. The Labute approximate surface area is 237 Å². The third-order valence-electron chi connectivity index (χ3n) is 7.57. The van der Waals surface area contributed by atoms with Gasteiger partial charge in [0.2, 0.25) is 0 Å². The van der Waals surface area contributed by atoms with Gasteiger partial charge in [-0.1, -0.05) is 0 Å². The zero-order valence-corrected chi connectivity index (χ0v) is 24.2. The number of nitrogens with zero attached hydrogens (tertiary/aromatic N) is 5.